The van der Waals surface area contributed by atoms with E-state index in [-0.39, 0.29) is 36.4 Å². The largest absolute Gasteiger partial charge is 0.496 e. The van der Waals surface area contributed by atoms with Gasteiger partial charge in [-0.05, 0) is 40.5 Å². The lowest BCUT2D eigenvalue weighted by Crippen LogP contribution is -2.55. The highest BCUT2D eigenvalue weighted by atomic mass is 127. The van der Waals surface area contributed by atoms with Crippen LogP contribution in [0.5, 0.6) is 5.75 Å². The lowest BCUT2D eigenvalue weighted by atomic mass is 10.2. The Morgan fingerprint density at radius 3 is 2.76 bits per heavy atom. The summed E-state index contributed by atoms with van der Waals surface area (Å²) in [7, 11) is 3.49. The smallest absolute Gasteiger partial charge is 0.246 e. The average Bonchev–Trinajstić information content (AvgIpc) is 3.11. The molecule has 2 heterocycles. The van der Waals surface area contributed by atoms with Crippen molar-refractivity contribution in [3.05, 3.63) is 40.6 Å². The third-order valence-electron chi connectivity index (χ3n) is 4.49. The molecule has 0 bridgehead atoms. The number of aromatic nitrogens is 2. The molecule has 0 aliphatic carbocycles. The number of guanidine groups is 1. The van der Waals surface area contributed by atoms with Crippen LogP contribution in [0, 0.1) is 0 Å². The fourth-order valence-electron chi connectivity index (χ4n) is 3.07. The maximum Gasteiger partial charge on any atom is 0.246 e. The van der Waals surface area contributed by atoms with Crippen LogP contribution in [0.2, 0.25) is 0 Å². The summed E-state index contributed by atoms with van der Waals surface area (Å²) in [5.74, 6) is 1.57. The molecule has 1 aromatic heterocycles. The van der Waals surface area contributed by atoms with Crippen molar-refractivity contribution in [2.75, 3.05) is 38.2 Å². The maximum absolute atomic E-state index is 12.7. The standard InChI is InChI=1S/C19H25BrN6O2.HI/c1-4-21-19(22-10-14-5-6-17(28-3)16(20)9-14)25-7-8-26(18(27)13-25)15-11-23-24(2)12-15;/h5-6,9,11-12H,4,7-8,10,13H2,1-3H3,(H,21,22);1H. The van der Waals surface area contributed by atoms with Gasteiger partial charge >= 0.3 is 0 Å². The Bertz CT molecular complexity index is 872. The fourth-order valence-corrected chi connectivity index (χ4v) is 3.66. The summed E-state index contributed by atoms with van der Waals surface area (Å²) < 4.78 is 7.87. The van der Waals surface area contributed by atoms with Crippen LogP contribution in [0.4, 0.5) is 5.69 Å². The zero-order valence-electron chi connectivity index (χ0n) is 16.8. The van der Waals surface area contributed by atoms with Crippen molar-refractivity contribution in [2.24, 2.45) is 12.0 Å². The molecule has 0 atom stereocenters. The fraction of sp³-hybridized carbons (Fsp3) is 0.421. The van der Waals surface area contributed by atoms with Crippen molar-refractivity contribution >= 4 is 57.5 Å². The highest BCUT2D eigenvalue weighted by molar-refractivity contribution is 14.0. The van der Waals surface area contributed by atoms with E-state index in [9.17, 15) is 4.79 Å². The molecular weight excluding hydrogens is 551 g/mol. The van der Waals surface area contributed by atoms with E-state index in [0.717, 1.165) is 34.0 Å². The molecule has 0 saturated carbocycles. The van der Waals surface area contributed by atoms with Crippen LogP contribution in [0.1, 0.15) is 12.5 Å². The number of carbonyl (C=O) groups is 1. The molecule has 1 amide bonds. The summed E-state index contributed by atoms with van der Waals surface area (Å²) in [6.07, 6.45) is 3.57. The summed E-state index contributed by atoms with van der Waals surface area (Å²) in [5.41, 5.74) is 1.89. The summed E-state index contributed by atoms with van der Waals surface area (Å²) in [5, 5.41) is 7.44. The van der Waals surface area contributed by atoms with Gasteiger partial charge in [0.05, 0.1) is 30.0 Å². The number of anilines is 1. The first-order valence-corrected chi connectivity index (χ1v) is 9.95. The molecule has 0 unspecified atom stereocenters. The molecular formula is C19H26BrIN6O2. The molecule has 8 nitrogen and oxygen atoms in total. The molecule has 1 N–H and O–H groups in total. The minimum Gasteiger partial charge on any atom is -0.496 e. The number of carbonyl (C=O) groups excluding carboxylic acids is 1. The first-order chi connectivity index (χ1) is 13.5. The Hall–Kier alpha value is -1.82. The predicted molar refractivity (Wildman–Crippen MR) is 128 cm³/mol. The molecule has 3 rings (SSSR count). The van der Waals surface area contributed by atoms with Crippen LogP contribution in [0.25, 0.3) is 0 Å². The number of methoxy groups -OCH3 is 1. The van der Waals surface area contributed by atoms with Crippen molar-refractivity contribution in [1.29, 1.82) is 0 Å². The monoisotopic (exact) mass is 576 g/mol. The van der Waals surface area contributed by atoms with Crippen molar-refractivity contribution in [3.8, 4) is 5.75 Å². The molecule has 0 spiro atoms. The Morgan fingerprint density at radius 2 is 2.17 bits per heavy atom. The highest BCUT2D eigenvalue weighted by Gasteiger charge is 2.27. The first kappa shape index (κ1) is 23.5. The van der Waals surface area contributed by atoms with Gasteiger partial charge in [0.2, 0.25) is 5.91 Å². The maximum atomic E-state index is 12.7. The van der Waals surface area contributed by atoms with E-state index >= 15 is 0 Å². The van der Waals surface area contributed by atoms with Gasteiger partial charge in [-0.15, -0.1) is 24.0 Å². The number of hydrogen-bond acceptors (Lipinski definition) is 4. The number of halogens is 2. The normalized spacial score (nSPS) is 14.6. The second-order valence-electron chi connectivity index (χ2n) is 6.48. The van der Waals surface area contributed by atoms with Crippen molar-refractivity contribution in [1.82, 2.24) is 20.0 Å². The lowest BCUT2D eigenvalue weighted by molar-refractivity contribution is -0.120. The zero-order valence-corrected chi connectivity index (χ0v) is 20.7. The molecule has 2 aromatic rings. The zero-order chi connectivity index (χ0) is 20.1. The van der Waals surface area contributed by atoms with Crippen LogP contribution in [0.15, 0.2) is 40.1 Å². The van der Waals surface area contributed by atoms with E-state index < -0.39 is 0 Å². The van der Waals surface area contributed by atoms with Gasteiger partial charge in [0.25, 0.3) is 0 Å². The number of aryl methyl sites for hydroxylation is 1. The summed E-state index contributed by atoms with van der Waals surface area (Å²) in [4.78, 5) is 21.1. The van der Waals surface area contributed by atoms with E-state index in [1.165, 1.54) is 0 Å². The Kier molecular flexibility index (Phi) is 8.75. The van der Waals surface area contributed by atoms with E-state index in [2.05, 4.69) is 26.3 Å². The number of amides is 1. The van der Waals surface area contributed by atoms with E-state index in [1.807, 2.05) is 43.3 Å². The summed E-state index contributed by atoms with van der Waals surface area (Å²) in [6.45, 7) is 4.87. The number of ether oxygens (including phenoxy) is 1. The Morgan fingerprint density at radius 1 is 1.38 bits per heavy atom. The molecule has 1 fully saturated rings. The molecule has 10 heteroatoms. The number of hydrogen-bond donors (Lipinski definition) is 1. The topological polar surface area (TPSA) is 75.0 Å². The van der Waals surface area contributed by atoms with E-state index in [4.69, 9.17) is 9.73 Å². The number of aliphatic imine (C=N–C) groups is 1. The van der Waals surface area contributed by atoms with Gasteiger partial charge in [-0.3, -0.25) is 9.48 Å². The van der Waals surface area contributed by atoms with Crippen molar-refractivity contribution in [3.63, 3.8) is 0 Å². The molecule has 1 aliphatic heterocycles. The number of piperazine rings is 1. The second-order valence-corrected chi connectivity index (χ2v) is 7.33. The second kappa shape index (κ2) is 10.8. The third-order valence-corrected chi connectivity index (χ3v) is 5.11. The quantitative estimate of drug-likeness (QED) is 0.336. The molecule has 0 radical (unpaired) electrons. The van der Waals surface area contributed by atoms with E-state index in [0.29, 0.717) is 19.6 Å². The van der Waals surface area contributed by atoms with Gasteiger partial charge in [-0.1, -0.05) is 6.07 Å². The van der Waals surface area contributed by atoms with Crippen LogP contribution in [0.3, 0.4) is 0 Å². The third kappa shape index (κ3) is 5.84. The highest BCUT2D eigenvalue weighted by Crippen LogP contribution is 2.25. The van der Waals surface area contributed by atoms with Crippen LogP contribution in [-0.4, -0.2) is 59.8 Å². The van der Waals surface area contributed by atoms with Gasteiger partial charge in [-0.2, -0.15) is 5.10 Å². The van der Waals surface area contributed by atoms with Gasteiger partial charge in [-0.25, -0.2) is 4.99 Å². The Balaban J connectivity index is 0.00000300. The summed E-state index contributed by atoms with van der Waals surface area (Å²) in [6, 6.07) is 5.90. The van der Waals surface area contributed by atoms with Crippen LogP contribution < -0.4 is 15.0 Å². The number of benzene rings is 1. The van der Waals surface area contributed by atoms with Gasteiger partial charge in [0.1, 0.15) is 12.3 Å². The number of rotatable bonds is 5. The van der Waals surface area contributed by atoms with Gasteiger partial charge in [0.15, 0.2) is 5.96 Å². The average molecular weight is 577 g/mol. The van der Waals surface area contributed by atoms with Crippen LogP contribution >= 0.6 is 39.9 Å². The van der Waals surface area contributed by atoms with Crippen LogP contribution in [-0.2, 0) is 18.4 Å². The Labute approximate surface area is 196 Å². The minimum absolute atomic E-state index is 0. The molecule has 1 aromatic carbocycles. The van der Waals surface area contributed by atoms with Gasteiger partial charge < -0.3 is 19.9 Å². The number of nitrogens with zero attached hydrogens (tertiary/aromatic N) is 5. The number of nitrogens with one attached hydrogen (secondary N) is 1. The lowest BCUT2D eigenvalue weighted by Gasteiger charge is -2.35. The first-order valence-electron chi connectivity index (χ1n) is 9.16. The van der Waals surface area contributed by atoms with Crippen molar-refractivity contribution < 1.29 is 9.53 Å². The summed E-state index contributed by atoms with van der Waals surface area (Å²) >= 11 is 3.50. The van der Waals surface area contributed by atoms with E-state index in [1.54, 1.807) is 22.9 Å². The SMILES string of the molecule is CCNC(=NCc1ccc(OC)c(Br)c1)N1CCN(c2cnn(C)c2)C(=O)C1.I. The van der Waals surface area contributed by atoms with Gasteiger partial charge in [0, 0.05) is 32.9 Å². The molecule has 29 heavy (non-hydrogen) atoms. The molecule has 158 valence electrons. The minimum atomic E-state index is 0. The molecule has 1 saturated heterocycles. The predicted octanol–water partition coefficient (Wildman–Crippen LogP) is 2.62. The van der Waals surface area contributed by atoms with Crippen molar-refractivity contribution in [2.45, 2.75) is 13.5 Å². The molecule has 1 aliphatic rings.